The summed E-state index contributed by atoms with van der Waals surface area (Å²) in [5.41, 5.74) is 3.67. The molecular formula is C17H24O. The summed E-state index contributed by atoms with van der Waals surface area (Å²) in [4.78, 5) is 12.1. The molecule has 0 bridgehead atoms. The summed E-state index contributed by atoms with van der Waals surface area (Å²) in [6.07, 6.45) is 7.90. The first-order valence-electron chi connectivity index (χ1n) is 7.42. The van der Waals surface area contributed by atoms with Crippen molar-refractivity contribution in [2.75, 3.05) is 0 Å². The Hall–Kier alpha value is -1.11. The highest BCUT2D eigenvalue weighted by Gasteiger charge is 2.28. The lowest BCUT2D eigenvalue weighted by molar-refractivity contribution is 0.0988. The Morgan fingerprint density at radius 3 is 2.67 bits per heavy atom. The van der Waals surface area contributed by atoms with Crippen LogP contribution in [0.1, 0.15) is 79.8 Å². The lowest BCUT2D eigenvalue weighted by atomic mass is 9.94. The van der Waals surface area contributed by atoms with E-state index in [-0.39, 0.29) is 0 Å². The van der Waals surface area contributed by atoms with Crippen molar-refractivity contribution in [2.45, 2.75) is 64.7 Å². The lowest BCUT2D eigenvalue weighted by Gasteiger charge is -2.10. The first-order valence-corrected chi connectivity index (χ1v) is 7.42. The minimum Gasteiger partial charge on any atom is -0.294 e. The highest BCUT2D eigenvalue weighted by molar-refractivity contribution is 6.01. The van der Waals surface area contributed by atoms with Crippen LogP contribution < -0.4 is 0 Å². The van der Waals surface area contributed by atoms with Crippen molar-refractivity contribution in [1.29, 1.82) is 0 Å². The number of hydrogen-bond acceptors (Lipinski definition) is 1. The molecule has 0 aliphatic heterocycles. The molecule has 1 aliphatic carbocycles. The highest BCUT2D eigenvalue weighted by atomic mass is 16.1. The van der Waals surface area contributed by atoms with Gasteiger partial charge in [-0.25, -0.2) is 0 Å². The molecule has 1 aromatic carbocycles. The molecule has 0 saturated carbocycles. The third-order valence-corrected chi connectivity index (χ3v) is 4.01. The number of hydrogen-bond donors (Lipinski definition) is 0. The van der Waals surface area contributed by atoms with Gasteiger partial charge in [-0.3, -0.25) is 4.79 Å². The predicted molar refractivity (Wildman–Crippen MR) is 76.3 cm³/mol. The van der Waals surface area contributed by atoms with E-state index in [0.29, 0.717) is 11.7 Å². The normalized spacial score (nSPS) is 18.1. The van der Waals surface area contributed by atoms with Gasteiger partial charge in [-0.2, -0.15) is 0 Å². The Labute approximate surface area is 111 Å². The molecule has 1 aliphatic rings. The first kappa shape index (κ1) is 13.3. The Morgan fingerprint density at radius 1 is 1.17 bits per heavy atom. The SMILES string of the molecule is CCCCc1ccc2c(c1)C(=O)CC2CCCC. The highest BCUT2D eigenvalue weighted by Crippen LogP contribution is 2.37. The lowest BCUT2D eigenvalue weighted by Crippen LogP contribution is -1.94. The number of aryl methyl sites for hydroxylation is 1. The van der Waals surface area contributed by atoms with E-state index in [4.69, 9.17) is 0 Å². The zero-order valence-corrected chi connectivity index (χ0v) is 11.7. The number of ketones is 1. The molecule has 0 spiro atoms. The van der Waals surface area contributed by atoms with Crippen molar-refractivity contribution in [2.24, 2.45) is 0 Å². The first-order chi connectivity index (χ1) is 8.76. The largest absolute Gasteiger partial charge is 0.294 e. The van der Waals surface area contributed by atoms with Gasteiger partial charge < -0.3 is 0 Å². The number of carbonyl (C=O) groups is 1. The van der Waals surface area contributed by atoms with Gasteiger partial charge in [0, 0.05) is 12.0 Å². The summed E-state index contributed by atoms with van der Waals surface area (Å²) in [7, 11) is 0. The maximum Gasteiger partial charge on any atom is 0.163 e. The Kier molecular flexibility index (Phi) is 4.57. The molecule has 1 nitrogen and oxygen atoms in total. The summed E-state index contributed by atoms with van der Waals surface area (Å²) < 4.78 is 0. The van der Waals surface area contributed by atoms with Crippen LogP contribution >= 0.6 is 0 Å². The molecule has 0 radical (unpaired) electrons. The van der Waals surface area contributed by atoms with Crippen molar-refractivity contribution in [1.82, 2.24) is 0 Å². The third kappa shape index (κ3) is 2.82. The summed E-state index contributed by atoms with van der Waals surface area (Å²) in [6.45, 7) is 4.42. The van der Waals surface area contributed by atoms with Gasteiger partial charge in [0.2, 0.25) is 0 Å². The number of unbranched alkanes of at least 4 members (excludes halogenated alkanes) is 2. The monoisotopic (exact) mass is 244 g/mol. The van der Waals surface area contributed by atoms with E-state index >= 15 is 0 Å². The number of benzene rings is 1. The van der Waals surface area contributed by atoms with Crippen molar-refractivity contribution in [3.63, 3.8) is 0 Å². The smallest absolute Gasteiger partial charge is 0.163 e. The Morgan fingerprint density at radius 2 is 1.94 bits per heavy atom. The van der Waals surface area contributed by atoms with Gasteiger partial charge in [0.25, 0.3) is 0 Å². The van der Waals surface area contributed by atoms with E-state index in [0.717, 1.165) is 18.4 Å². The zero-order valence-electron chi connectivity index (χ0n) is 11.7. The fourth-order valence-corrected chi connectivity index (χ4v) is 2.89. The van der Waals surface area contributed by atoms with E-state index < -0.39 is 0 Å². The van der Waals surface area contributed by atoms with E-state index in [1.54, 1.807) is 0 Å². The van der Waals surface area contributed by atoms with E-state index in [1.165, 1.54) is 43.2 Å². The van der Waals surface area contributed by atoms with E-state index in [1.807, 2.05) is 0 Å². The van der Waals surface area contributed by atoms with Crippen molar-refractivity contribution >= 4 is 5.78 Å². The molecule has 1 atom stereocenters. The minimum absolute atomic E-state index is 0.365. The van der Waals surface area contributed by atoms with Crippen molar-refractivity contribution < 1.29 is 4.79 Å². The van der Waals surface area contributed by atoms with Crippen LogP contribution in [0.2, 0.25) is 0 Å². The average Bonchev–Trinajstić information content (AvgIpc) is 2.70. The quantitative estimate of drug-likeness (QED) is 0.696. The predicted octanol–water partition coefficient (Wildman–Crippen LogP) is 4.89. The van der Waals surface area contributed by atoms with Crippen LogP contribution in [0.3, 0.4) is 0 Å². The minimum atomic E-state index is 0.365. The molecule has 18 heavy (non-hydrogen) atoms. The van der Waals surface area contributed by atoms with E-state index in [2.05, 4.69) is 32.0 Å². The number of carbonyl (C=O) groups excluding carboxylic acids is 1. The van der Waals surface area contributed by atoms with Gasteiger partial charge in [-0.15, -0.1) is 0 Å². The Balaban J connectivity index is 2.15. The fourth-order valence-electron chi connectivity index (χ4n) is 2.89. The summed E-state index contributed by atoms with van der Waals surface area (Å²) in [6, 6.07) is 6.59. The zero-order chi connectivity index (χ0) is 13.0. The van der Waals surface area contributed by atoms with Crippen LogP contribution in [-0.4, -0.2) is 5.78 Å². The van der Waals surface area contributed by atoms with Crippen LogP contribution in [-0.2, 0) is 6.42 Å². The second kappa shape index (κ2) is 6.17. The molecule has 0 heterocycles. The van der Waals surface area contributed by atoms with Crippen molar-refractivity contribution in [3.8, 4) is 0 Å². The van der Waals surface area contributed by atoms with Crippen molar-refractivity contribution in [3.05, 3.63) is 34.9 Å². The second-order valence-electron chi connectivity index (χ2n) is 5.49. The molecule has 2 rings (SSSR count). The van der Waals surface area contributed by atoms with Crippen LogP contribution in [0.4, 0.5) is 0 Å². The van der Waals surface area contributed by atoms with Gasteiger partial charge in [-0.05, 0) is 42.4 Å². The number of fused-ring (bicyclic) bond motifs is 1. The summed E-state index contributed by atoms with van der Waals surface area (Å²) in [5, 5.41) is 0. The number of rotatable bonds is 6. The molecule has 0 aromatic heterocycles. The second-order valence-corrected chi connectivity index (χ2v) is 5.49. The van der Waals surface area contributed by atoms with Gasteiger partial charge in [0.05, 0.1) is 0 Å². The fraction of sp³-hybridized carbons (Fsp3) is 0.588. The van der Waals surface area contributed by atoms with Crippen LogP contribution in [0.5, 0.6) is 0 Å². The summed E-state index contributed by atoms with van der Waals surface area (Å²) >= 11 is 0. The maximum absolute atomic E-state index is 12.1. The van der Waals surface area contributed by atoms with Gasteiger partial charge in [-0.1, -0.05) is 45.2 Å². The van der Waals surface area contributed by atoms with Gasteiger partial charge >= 0.3 is 0 Å². The number of Topliss-reactive ketones (excluding diaryl/α,β-unsaturated/α-hetero) is 1. The Bertz CT molecular complexity index is 420. The third-order valence-electron chi connectivity index (χ3n) is 4.01. The molecule has 0 amide bonds. The summed E-state index contributed by atoms with van der Waals surface area (Å²) in [5.74, 6) is 0.858. The van der Waals surface area contributed by atoms with E-state index in [9.17, 15) is 4.79 Å². The molecule has 0 saturated heterocycles. The molecule has 1 heteroatoms. The maximum atomic E-state index is 12.1. The van der Waals surface area contributed by atoms with Crippen LogP contribution in [0, 0.1) is 0 Å². The molecule has 0 N–H and O–H groups in total. The molecule has 98 valence electrons. The molecule has 1 unspecified atom stereocenters. The standard InChI is InChI=1S/C17H24O/c1-3-5-7-13-9-10-15-14(8-6-4-2)12-17(18)16(15)11-13/h9-11,14H,3-8,12H2,1-2H3. The van der Waals surface area contributed by atoms with Crippen LogP contribution in [0.25, 0.3) is 0 Å². The van der Waals surface area contributed by atoms with Gasteiger partial charge in [0.1, 0.15) is 0 Å². The molecular weight excluding hydrogens is 220 g/mol. The topological polar surface area (TPSA) is 17.1 Å². The molecule has 0 fully saturated rings. The van der Waals surface area contributed by atoms with Crippen LogP contribution in [0.15, 0.2) is 18.2 Å². The molecule has 1 aromatic rings. The van der Waals surface area contributed by atoms with Gasteiger partial charge in [0.15, 0.2) is 5.78 Å². The average molecular weight is 244 g/mol.